The Kier molecular flexibility index (Phi) is 5.64. The first-order chi connectivity index (χ1) is 10.3. The summed E-state index contributed by atoms with van der Waals surface area (Å²) >= 11 is 1.93. The average molecular weight is 329 g/mol. The van der Waals surface area contributed by atoms with E-state index in [0.29, 0.717) is 23.5 Å². The fourth-order valence-corrected chi connectivity index (χ4v) is 4.76. The molecular formula is C16H27NO4S. The van der Waals surface area contributed by atoms with E-state index in [1.54, 1.807) is 4.90 Å². The molecule has 0 spiro atoms. The Labute approximate surface area is 137 Å². The summed E-state index contributed by atoms with van der Waals surface area (Å²) in [5.74, 6) is -0.347. The highest BCUT2D eigenvalue weighted by atomic mass is 32.2. The van der Waals surface area contributed by atoms with Gasteiger partial charge >= 0.3 is 12.1 Å². The van der Waals surface area contributed by atoms with Crippen molar-refractivity contribution in [2.75, 3.05) is 13.7 Å². The van der Waals surface area contributed by atoms with Crippen molar-refractivity contribution in [1.82, 2.24) is 4.90 Å². The van der Waals surface area contributed by atoms with Gasteiger partial charge in [-0.2, -0.15) is 11.8 Å². The number of amides is 1. The van der Waals surface area contributed by atoms with Crippen molar-refractivity contribution in [2.24, 2.45) is 0 Å². The monoisotopic (exact) mass is 329 g/mol. The Bertz CT molecular complexity index is 415. The zero-order chi connectivity index (χ0) is 16.3. The molecule has 0 aromatic carbocycles. The molecule has 5 nitrogen and oxygen atoms in total. The summed E-state index contributed by atoms with van der Waals surface area (Å²) in [6.45, 7) is 6.06. The van der Waals surface area contributed by atoms with Crippen molar-refractivity contribution in [3.05, 3.63) is 0 Å². The SMILES string of the molecule is COC(=O)[C@@H]1C[C@@H](SC2CCCC2)CN1C(=O)OC(C)(C)C. The van der Waals surface area contributed by atoms with Crippen LogP contribution in [0, 0.1) is 0 Å². The van der Waals surface area contributed by atoms with Crippen LogP contribution in [-0.4, -0.2) is 52.8 Å². The first-order valence-electron chi connectivity index (χ1n) is 8.03. The quantitative estimate of drug-likeness (QED) is 0.744. The minimum absolute atomic E-state index is 0.291. The summed E-state index contributed by atoms with van der Waals surface area (Å²) in [6.07, 6.45) is 5.32. The lowest BCUT2D eigenvalue weighted by Crippen LogP contribution is -2.43. The summed E-state index contributed by atoms with van der Waals surface area (Å²) < 4.78 is 10.3. The minimum Gasteiger partial charge on any atom is -0.467 e. The van der Waals surface area contributed by atoms with Crippen LogP contribution in [-0.2, 0) is 14.3 Å². The lowest BCUT2D eigenvalue weighted by molar-refractivity contribution is -0.145. The highest BCUT2D eigenvalue weighted by Gasteiger charge is 2.43. The second kappa shape index (κ2) is 7.11. The molecule has 0 unspecified atom stereocenters. The number of likely N-dealkylation sites (tertiary alicyclic amines) is 1. The molecule has 0 radical (unpaired) electrons. The summed E-state index contributed by atoms with van der Waals surface area (Å²) in [7, 11) is 1.37. The van der Waals surface area contributed by atoms with Gasteiger partial charge in [0, 0.05) is 17.0 Å². The van der Waals surface area contributed by atoms with E-state index in [1.165, 1.54) is 32.8 Å². The third kappa shape index (κ3) is 4.54. The Morgan fingerprint density at radius 3 is 2.32 bits per heavy atom. The third-order valence-electron chi connectivity index (χ3n) is 4.05. The standard InChI is InChI=1S/C16H27NO4S/c1-16(2,3)21-15(19)17-10-12(9-13(17)14(18)20-4)22-11-7-5-6-8-11/h11-13H,5-10H2,1-4H3/t12-,13+/m1/s1. The van der Waals surface area contributed by atoms with Crippen molar-refractivity contribution in [3.8, 4) is 0 Å². The Hall–Kier alpha value is -0.910. The second-order valence-corrected chi connectivity index (χ2v) is 8.68. The smallest absolute Gasteiger partial charge is 0.411 e. The lowest BCUT2D eigenvalue weighted by atomic mass is 10.2. The number of hydrogen-bond acceptors (Lipinski definition) is 5. The predicted octanol–water partition coefficient (Wildman–Crippen LogP) is 3.21. The molecule has 1 aliphatic heterocycles. The first-order valence-corrected chi connectivity index (χ1v) is 8.97. The minimum atomic E-state index is -0.561. The van der Waals surface area contributed by atoms with Gasteiger partial charge in [0.1, 0.15) is 11.6 Å². The number of esters is 1. The van der Waals surface area contributed by atoms with Crippen LogP contribution in [0.4, 0.5) is 4.79 Å². The van der Waals surface area contributed by atoms with Crippen molar-refractivity contribution in [2.45, 2.75) is 75.0 Å². The number of rotatable bonds is 3. The fourth-order valence-electron chi connectivity index (χ4n) is 3.07. The Balaban J connectivity index is 2.01. The molecule has 2 fully saturated rings. The van der Waals surface area contributed by atoms with Gasteiger partial charge in [0.15, 0.2) is 0 Å². The molecule has 0 aromatic heterocycles. The maximum atomic E-state index is 12.4. The van der Waals surface area contributed by atoms with Gasteiger partial charge in [-0.1, -0.05) is 12.8 Å². The van der Waals surface area contributed by atoms with E-state index in [-0.39, 0.29) is 5.97 Å². The van der Waals surface area contributed by atoms with E-state index in [1.807, 2.05) is 32.5 Å². The first kappa shape index (κ1) is 17.4. The van der Waals surface area contributed by atoms with E-state index in [2.05, 4.69) is 0 Å². The molecule has 2 aliphatic rings. The number of carbonyl (C=O) groups is 2. The van der Waals surface area contributed by atoms with Crippen molar-refractivity contribution < 1.29 is 19.1 Å². The van der Waals surface area contributed by atoms with Crippen LogP contribution in [0.1, 0.15) is 52.9 Å². The summed E-state index contributed by atoms with van der Waals surface area (Å²) in [5, 5.41) is 0.960. The van der Waals surface area contributed by atoms with Crippen LogP contribution in [0.25, 0.3) is 0 Å². The largest absolute Gasteiger partial charge is 0.467 e. The molecule has 1 amide bonds. The number of methoxy groups -OCH3 is 1. The van der Waals surface area contributed by atoms with E-state index in [4.69, 9.17) is 9.47 Å². The fraction of sp³-hybridized carbons (Fsp3) is 0.875. The van der Waals surface area contributed by atoms with Gasteiger partial charge in [-0.25, -0.2) is 9.59 Å². The highest BCUT2D eigenvalue weighted by Crippen LogP contribution is 2.37. The average Bonchev–Trinajstić information content (AvgIpc) is 3.05. The molecule has 22 heavy (non-hydrogen) atoms. The molecule has 126 valence electrons. The maximum Gasteiger partial charge on any atom is 0.411 e. The highest BCUT2D eigenvalue weighted by molar-refractivity contribution is 8.00. The van der Waals surface area contributed by atoms with Gasteiger partial charge in [0.2, 0.25) is 0 Å². The Morgan fingerprint density at radius 2 is 1.77 bits per heavy atom. The molecule has 6 heteroatoms. The van der Waals surface area contributed by atoms with Gasteiger partial charge in [-0.05, 0) is 40.0 Å². The van der Waals surface area contributed by atoms with Crippen LogP contribution >= 0.6 is 11.8 Å². The number of nitrogens with zero attached hydrogens (tertiary/aromatic N) is 1. The number of carbonyl (C=O) groups excluding carboxylic acids is 2. The van der Waals surface area contributed by atoms with Gasteiger partial charge in [0.25, 0.3) is 0 Å². The van der Waals surface area contributed by atoms with Crippen LogP contribution in [0.2, 0.25) is 0 Å². The molecule has 1 saturated carbocycles. The predicted molar refractivity (Wildman–Crippen MR) is 87.0 cm³/mol. The van der Waals surface area contributed by atoms with Gasteiger partial charge in [-0.15, -0.1) is 0 Å². The Morgan fingerprint density at radius 1 is 1.14 bits per heavy atom. The van der Waals surface area contributed by atoms with Crippen LogP contribution in [0.5, 0.6) is 0 Å². The topological polar surface area (TPSA) is 55.8 Å². The zero-order valence-corrected chi connectivity index (χ0v) is 14.8. The van der Waals surface area contributed by atoms with Gasteiger partial charge in [-0.3, -0.25) is 4.90 Å². The van der Waals surface area contributed by atoms with Crippen LogP contribution < -0.4 is 0 Å². The molecule has 1 aliphatic carbocycles. The lowest BCUT2D eigenvalue weighted by Gasteiger charge is -2.27. The summed E-state index contributed by atoms with van der Waals surface area (Å²) in [4.78, 5) is 25.9. The van der Waals surface area contributed by atoms with E-state index >= 15 is 0 Å². The van der Waals surface area contributed by atoms with E-state index in [0.717, 1.165) is 0 Å². The van der Waals surface area contributed by atoms with Crippen molar-refractivity contribution >= 4 is 23.8 Å². The van der Waals surface area contributed by atoms with Gasteiger partial charge in [0.05, 0.1) is 7.11 Å². The molecule has 2 atom stereocenters. The maximum absolute atomic E-state index is 12.4. The van der Waals surface area contributed by atoms with E-state index in [9.17, 15) is 9.59 Å². The number of hydrogen-bond donors (Lipinski definition) is 0. The molecule has 0 bridgehead atoms. The molecule has 0 aromatic rings. The molecule has 2 rings (SSSR count). The normalized spacial score (nSPS) is 26.3. The number of ether oxygens (including phenoxy) is 2. The van der Waals surface area contributed by atoms with Crippen LogP contribution in [0.15, 0.2) is 0 Å². The second-order valence-electron chi connectivity index (χ2n) is 7.07. The zero-order valence-electron chi connectivity index (χ0n) is 14.0. The van der Waals surface area contributed by atoms with E-state index < -0.39 is 17.7 Å². The van der Waals surface area contributed by atoms with Crippen molar-refractivity contribution in [1.29, 1.82) is 0 Å². The molecule has 1 heterocycles. The molecular weight excluding hydrogens is 302 g/mol. The van der Waals surface area contributed by atoms with Gasteiger partial charge < -0.3 is 9.47 Å². The summed E-state index contributed by atoms with van der Waals surface area (Å²) in [5.41, 5.74) is -0.561. The van der Waals surface area contributed by atoms with Crippen molar-refractivity contribution in [3.63, 3.8) is 0 Å². The molecule has 0 N–H and O–H groups in total. The summed E-state index contributed by atoms with van der Waals surface area (Å²) in [6, 6.07) is -0.515. The molecule has 1 saturated heterocycles. The third-order valence-corrected chi connectivity index (χ3v) is 5.63. The van der Waals surface area contributed by atoms with Crippen LogP contribution in [0.3, 0.4) is 0 Å². The number of thioether (sulfide) groups is 1.